The number of nitrogens with one attached hydrogen (secondary N) is 1. The molecule has 2 bridgehead atoms. The van der Waals surface area contributed by atoms with Gasteiger partial charge >= 0.3 is 0 Å². The lowest BCUT2D eigenvalue weighted by atomic mass is 9.86. The van der Waals surface area contributed by atoms with Crippen molar-refractivity contribution in [2.45, 2.75) is 45.1 Å². The van der Waals surface area contributed by atoms with Crippen molar-refractivity contribution in [2.24, 2.45) is 17.8 Å². The van der Waals surface area contributed by atoms with E-state index in [0.29, 0.717) is 17.9 Å². The molecule has 104 valence electrons. The highest BCUT2D eigenvalue weighted by Gasteiger charge is 2.41. The largest absolute Gasteiger partial charge is 0.337 e. The summed E-state index contributed by atoms with van der Waals surface area (Å²) in [5.74, 6) is 2.96. The molecular weight excluding hydrogens is 248 g/mol. The molecule has 4 heteroatoms. The molecule has 2 saturated carbocycles. The molecule has 3 rings (SSSR count). The van der Waals surface area contributed by atoms with Crippen molar-refractivity contribution in [2.75, 3.05) is 19.6 Å². The quantitative estimate of drug-likeness (QED) is 0.835. The van der Waals surface area contributed by atoms with Crippen LogP contribution in [0, 0.1) is 17.8 Å². The maximum atomic E-state index is 12.3. The number of hydrogen-bond donors (Lipinski definition) is 1. The summed E-state index contributed by atoms with van der Waals surface area (Å²) >= 11 is 0. The van der Waals surface area contributed by atoms with Crippen LogP contribution in [-0.2, 0) is 4.79 Å². The fourth-order valence-electron chi connectivity index (χ4n) is 4.18. The summed E-state index contributed by atoms with van der Waals surface area (Å²) in [7, 11) is 0. The number of nitrogens with zero attached hydrogens (tertiary/aromatic N) is 1. The van der Waals surface area contributed by atoms with Gasteiger partial charge < -0.3 is 10.2 Å². The Bertz CT molecular complexity index is 310. The van der Waals surface area contributed by atoms with E-state index in [1.807, 2.05) is 0 Å². The average molecular weight is 273 g/mol. The molecule has 0 aromatic carbocycles. The van der Waals surface area contributed by atoms with E-state index in [1.165, 1.54) is 25.7 Å². The van der Waals surface area contributed by atoms with E-state index in [1.54, 1.807) is 0 Å². The highest BCUT2D eigenvalue weighted by molar-refractivity contribution is 5.85. The molecule has 3 aliphatic rings. The summed E-state index contributed by atoms with van der Waals surface area (Å²) in [5, 5.41) is 3.35. The van der Waals surface area contributed by atoms with Crippen LogP contribution in [0.15, 0.2) is 0 Å². The first kappa shape index (κ1) is 14.1. The van der Waals surface area contributed by atoms with E-state index < -0.39 is 0 Å². The number of rotatable bonds is 2. The molecular formula is C14H25ClN2O. The first-order valence-electron chi connectivity index (χ1n) is 7.24. The van der Waals surface area contributed by atoms with Crippen molar-refractivity contribution < 1.29 is 4.79 Å². The SMILES string of the molecule is C[C@H]1CNCCN1C(=O)CC1CC2CCC1C2.Cl. The van der Waals surface area contributed by atoms with Crippen LogP contribution >= 0.6 is 12.4 Å². The molecule has 0 radical (unpaired) electrons. The molecule has 1 amide bonds. The number of piperazine rings is 1. The van der Waals surface area contributed by atoms with Crippen LogP contribution in [0.25, 0.3) is 0 Å². The van der Waals surface area contributed by atoms with Gasteiger partial charge in [-0.2, -0.15) is 0 Å². The van der Waals surface area contributed by atoms with Crippen LogP contribution in [0.1, 0.15) is 39.0 Å². The Kier molecular flexibility index (Phi) is 4.54. The summed E-state index contributed by atoms with van der Waals surface area (Å²) in [6.07, 6.45) is 6.39. The molecule has 2 aliphatic carbocycles. The summed E-state index contributed by atoms with van der Waals surface area (Å²) in [5.41, 5.74) is 0. The third kappa shape index (κ3) is 2.67. The first-order valence-corrected chi connectivity index (χ1v) is 7.24. The normalized spacial score (nSPS) is 38.6. The van der Waals surface area contributed by atoms with Crippen LogP contribution < -0.4 is 5.32 Å². The van der Waals surface area contributed by atoms with Gasteiger partial charge in [-0.3, -0.25) is 4.79 Å². The second-order valence-corrected chi connectivity index (χ2v) is 6.28. The zero-order valence-corrected chi connectivity index (χ0v) is 12.0. The predicted molar refractivity (Wildman–Crippen MR) is 74.8 cm³/mol. The first-order chi connectivity index (χ1) is 8.24. The molecule has 3 unspecified atom stereocenters. The van der Waals surface area contributed by atoms with Gasteiger partial charge in [0.25, 0.3) is 0 Å². The van der Waals surface area contributed by atoms with Crippen molar-refractivity contribution >= 4 is 18.3 Å². The minimum atomic E-state index is 0. The van der Waals surface area contributed by atoms with Gasteiger partial charge in [-0.1, -0.05) is 6.42 Å². The molecule has 1 heterocycles. The Balaban J connectivity index is 0.00000120. The number of fused-ring (bicyclic) bond motifs is 2. The van der Waals surface area contributed by atoms with Crippen molar-refractivity contribution in [1.82, 2.24) is 10.2 Å². The third-order valence-electron chi connectivity index (χ3n) is 5.14. The Morgan fingerprint density at radius 1 is 1.33 bits per heavy atom. The maximum Gasteiger partial charge on any atom is 0.223 e. The Morgan fingerprint density at radius 3 is 2.78 bits per heavy atom. The standard InChI is InChI=1S/C14H24N2O.ClH/c1-10-9-15-4-5-16(10)14(17)8-13-7-11-2-3-12(13)6-11;/h10-13,15H,2-9H2,1H3;1H/t10-,11?,12?,13?;/m0./s1. The molecule has 1 N–H and O–H groups in total. The average Bonchev–Trinajstić information content (AvgIpc) is 2.91. The molecule has 0 spiro atoms. The van der Waals surface area contributed by atoms with Crippen molar-refractivity contribution in [3.05, 3.63) is 0 Å². The molecule has 3 nitrogen and oxygen atoms in total. The summed E-state index contributed by atoms with van der Waals surface area (Å²) in [4.78, 5) is 14.4. The zero-order chi connectivity index (χ0) is 11.8. The molecule has 1 saturated heterocycles. The number of amides is 1. The molecule has 4 atom stereocenters. The van der Waals surface area contributed by atoms with E-state index in [2.05, 4.69) is 17.1 Å². The smallest absolute Gasteiger partial charge is 0.223 e. The lowest BCUT2D eigenvalue weighted by Gasteiger charge is -2.35. The van der Waals surface area contributed by atoms with E-state index in [0.717, 1.165) is 37.9 Å². The second kappa shape index (κ2) is 5.79. The van der Waals surface area contributed by atoms with E-state index in [-0.39, 0.29) is 12.4 Å². The highest BCUT2D eigenvalue weighted by Crippen LogP contribution is 2.49. The minimum absolute atomic E-state index is 0. The topological polar surface area (TPSA) is 32.3 Å². The van der Waals surface area contributed by atoms with Crippen LogP contribution in [0.4, 0.5) is 0 Å². The highest BCUT2D eigenvalue weighted by atomic mass is 35.5. The second-order valence-electron chi connectivity index (χ2n) is 6.28. The lowest BCUT2D eigenvalue weighted by Crippen LogP contribution is -2.52. The molecule has 3 fully saturated rings. The molecule has 0 aromatic rings. The Morgan fingerprint density at radius 2 is 2.17 bits per heavy atom. The van der Waals surface area contributed by atoms with E-state index in [4.69, 9.17) is 0 Å². The zero-order valence-electron chi connectivity index (χ0n) is 11.2. The fourth-order valence-corrected chi connectivity index (χ4v) is 4.18. The van der Waals surface area contributed by atoms with Crippen LogP contribution in [0.2, 0.25) is 0 Å². The summed E-state index contributed by atoms with van der Waals surface area (Å²) in [6, 6.07) is 0.384. The summed E-state index contributed by atoms with van der Waals surface area (Å²) in [6.45, 7) is 4.99. The predicted octanol–water partition coefficient (Wildman–Crippen LogP) is 2.05. The van der Waals surface area contributed by atoms with Gasteiger partial charge in [0.2, 0.25) is 5.91 Å². The number of halogens is 1. The van der Waals surface area contributed by atoms with Gasteiger partial charge in [-0.25, -0.2) is 0 Å². The van der Waals surface area contributed by atoms with Crippen molar-refractivity contribution in [3.63, 3.8) is 0 Å². The van der Waals surface area contributed by atoms with Gasteiger partial charge in [-0.05, 0) is 43.9 Å². The van der Waals surface area contributed by atoms with Gasteiger partial charge in [0, 0.05) is 32.1 Å². The van der Waals surface area contributed by atoms with Gasteiger partial charge in [0.15, 0.2) is 0 Å². The van der Waals surface area contributed by atoms with Crippen LogP contribution in [-0.4, -0.2) is 36.5 Å². The van der Waals surface area contributed by atoms with Gasteiger partial charge in [0.05, 0.1) is 0 Å². The fraction of sp³-hybridized carbons (Fsp3) is 0.929. The van der Waals surface area contributed by atoms with E-state index >= 15 is 0 Å². The number of carbonyl (C=O) groups excluding carboxylic acids is 1. The van der Waals surface area contributed by atoms with Crippen molar-refractivity contribution in [3.8, 4) is 0 Å². The molecule has 1 aliphatic heterocycles. The lowest BCUT2D eigenvalue weighted by molar-refractivity contribution is -0.135. The van der Waals surface area contributed by atoms with Crippen molar-refractivity contribution in [1.29, 1.82) is 0 Å². The number of hydrogen-bond acceptors (Lipinski definition) is 2. The Hall–Kier alpha value is -0.280. The minimum Gasteiger partial charge on any atom is -0.337 e. The Labute approximate surface area is 116 Å². The monoisotopic (exact) mass is 272 g/mol. The van der Waals surface area contributed by atoms with Gasteiger partial charge in [-0.15, -0.1) is 12.4 Å². The van der Waals surface area contributed by atoms with E-state index in [9.17, 15) is 4.79 Å². The molecule has 0 aromatic heterocycles. The van der Waals surface area contributed by atoms with Crippen LogP contribution in [0.5, 0.6) is 0 Å². The van der Waals surface area contributed by atoms with Crippen LogP contribution in [0.3, 0.4) is 0 Å². The molecule has 18 heavy (non-hydrogen) atoms. The number of carbonyl (C=O) groups is 1. The summed E-state index contributed by atoms with van der Waals surface area (Å²) < 4.78 is 0. The maximum absolute atomic E-state index is 12.3. The third-order valence-corrected chi connectivity index (χ3v) is 5.14. The van der Waals surface area contributed by atoms with Gasteiger partial charge in [0.1, 0.15) is 0 Å².